The summed E-state index contributed by atoms with van der Waals surface area (Å²) in [7, 11) is 0. The standard InChI is InChI=1S/C6H10O4/c7-1-3-5-6(10-5)4(2-8)9-3/h3-8H,1-2H2. The predicted octanol–water partition coefficient (Wildman–Crippen LogP) is -1.49. The van der Waals surface area contributed by atoms with Crippen LogP contribution in [-0.4, -0.2) is 47.8 Å². The van der Waals surface area contributed by atoms with Gasteiger partial charge in [0.1, 0.15) is 24.4 Å². The van der Waals surface area contributed by atoms with Crippen LogP contribution in [0.1, 0.15) is 0 Å². The van der Waals surface area contributed by atoms with E-state index in [2.05, 4.69) is 0 Å². The Morgan fingerprint density at radius 2 is 1.40 bits per heavy atom. The van der Waals surface area contributed by atoms with Gasteiger partial charge in [-0.15, -0.1) is 0 Å². The predicted molar refractivity (Wildman–Crippen MR) is 31.5 cm³/mol. The summed E-state index contributed by atoms with van der Waals surface area (Å²) in [5, 5.41) is 17.4. The van der Waals surface area contributed by atoms with Gasteiger partial charge in [-0.2, -0.15) is 0 Å². The second kappa shape index (κ2) is 2.17. The molecule has 58 valence electrons. The molecule has 2 fully saturated rings. The van der Waals surface area contributed by atoms with Crippen LogP contribution in [0.4, 0.5) is 0 Å². The topological polar surface area (TPSA) is 62.2 Å². The molecule has 4 nitrogen and oxygen atoms in total. The molecule has 0 aromatic rings. The summed E-state index contributed by atoms with van der Waals surface area (Å²) in [4.78, 5) is 0. The minimum Gasteiger partial charge on any atom is -0.394 e. The monoisotopic (exact) mass is 146 g/mol. The van der Waals surface area contributed by atoms with Crippen molar-refractivity contribution >= 4 is 0 Å². The first-order chi connectivity index (χ1) is 4.86. The molecule has 0 bridgehead atoms. The minimum absolute atomic E-state index is 0.0162. The van der Waals surface area contributed by atoms with Crippen LogP contribution in [-0.2, 0) is 9.47 Å². The summed E-state index contributed by atoms with van der Waals surface area (Å²) in [5.41, 5.74) is 0. The molecule has 0 spiro atoms. The number of rotatable bonds is 2. The molecule has 0 saturated carbocycles. The Hall–Kier alpha value is -0.160. The zero-order chi connectivity index (χ0) is 7.14. The molecule has 2 saturated heterocycles. The van der Waals surface area contributed by atoms with Gasteiger partial charge in [-0.05, 0) is 0 Å². The fourth-order valence-electron chi connectivity index (χ4n) is 1.41. The van der Waals surface area contributed by atoms with Gasteiger partial charge in [0.15, 0.2) is 0 Å². The third kappa shape index (κ3) is 0.769. The number of fused-ring (bicyclic) bond motifs is 1. The molecule has 2 aliphatic rings. The van der Waals surface area contributed by atoms with Crippen molar-refractivity contribution in [3.8, 4) is 0 Å². The molecule has 4 unspecified atom stereocenters. The van der Waals surface area contributed by atoms with E-state index in [4.69, 9.17) is 19.7 Å². The Balaban J connectivity index is 1.95. The van der Waals surface area contributed by atoms with Crippen LogP contribution in [0.25, 0.3) is 0 Å². The Morgan fingerprint density at radius 3 is 1.70 bits per heavy atom. The van der Waals surface area contributed by atoms with Crippen molar-refractivity contribution in [1.82, 2.24) is 0 Å². The molecular formula is C6H10O4. The van der Waals surface area contributed by atoms with Gasteiger partial charge >= 0.3 is 0 Å². The quantitative estimate of drug-likeness (QED) is 0.466. The maximum atomic E-state index is 8.69. The molecule has 2 aliphatic heterocycles. The zero-order valence-corrected chi connectivity index (χ0v) is 5.43. The molecule has 4 heteroatoms. The van der Waals surface area contributed by atoms with Gasteiger partial charge < -0.3 is 19.7 Å². The molecule has 2 heterocycles. The highest BCUT2D eigenvalue weighted by molar-refractivity contribution is 5.02. The highest BCUT2D eigenvalue weighted by Crippen LogP contribution is 2.38. The second-order valence-corrected chi connectivity index (χ2v) is 2.64. The van der Waals surface area contributed by atoms with Gasteiger partial charge in [0.25, 0.3) is 0 Å². The lowest BCUT2D eigenvalue weighted by atomic mass is 10.2. The van der Waals surface area contributed by atoms with Gasteiger partial charge in [0, 0.05) is 0 Å². The highest BCUT2D eigenvalue weighted by atomic mass is 16.7. The first-order valence-corrected chi connectivity index (χ1v) is 3.39. The summed E-state index contributed by atoms with van der Waals surface area (Å²) in [6.07, 6.45) is -0.325. The van der Waals surface area contributed by atoms with Crippen molar-refractivity contribution < 1.29 is 19.7 Å². The number of epoxide rings is 1. The van der Waals surface area contributed by atoms with Gasteiger partial charge in [0.2, 0.25) is 0 Å². The molecule has 2 N–H and O–H groups in total. The van der Waals surface area contributed by atoms with Gasteiger partial charge in [0.05, 0.1) is 13.2 Å². The van der Waals surface area contributed by atoms with E-state index in [0.29, 0.717) is 0 Å². The summed E-state index contributed by atoms with van der Waals surface area (Å²) >= 11 is 0. The van der Waals surface area contributed by atoms with Crippen LogP contribution in [0.5, 0.6) is 0 Å². The fraction of sp³-hybridized carbons (Fsp3) is 1.00. The molecule has 2 rings (SSSR count). The van der Waals surface area contributed by atoms with Crippen LogP contribution in [0.2, 0.25) is 0 Å². The number of aliphatic hydroxyl groups excluding tert-OH is 2. The number of ether oxygens (including phenoxy) is 2. The van der Waals surface area contributed by atoms with Crippen molar-refractivity contribution in [2.75, 3.05) is 13.2 Å². The van der Waals surface area contributed by atoms with Crippen molar-refractivity contribution in [3.05, 3.63) is 0 Å². The van der Waals surface area contributed by atoms with E-state index in [-0.39, 0.29) is 37.6 Å². The number of hydrogen-bond donors (Lipinski definition) is 2. The van der Waals surface area contributed by atoms with Crippen LogP contribution < -0.4 is 0 Å². The first kappa shape index (κ1) is 6.54. The third-order valence-corrected chi connectivity index (χ3v) is 2.00. The smallest absolute Gasteiger partial charge is 0.115 e. The van der Waals surface area contributed by atoms with Crippen molar-refractivity contribution in [2.45, 2.75) is 24.4 Å². The lowest BCUT2D eigenvalue weighted by Crippen LogP contribution is -2.25. The van der Waals surface area contributed by atoms with Crippen LogP contribution >= 0.6 is 0 Å². The first-order valence-electron chi connectivity index (χ1n) is 3.39. The summed E-state index contributed by atoms with van der Waals surface area (Å²) in [6, 6.07) is 0. The maximum Gasteiger partial charge on any atom is 0.115 e. The Morgan fingerprint density at radius 1 is 0.900 bits per heavy atom. The van der Waals surface area contributed by atoms with E-state index >= 15 is 0 Å². The number of aliphatic hydroxyl groups is 2. The third-order valence-electron chi connectivity index (χ3n) is 2.00. The van der Waals surface area contributed by atoms with Crippen LogP contribution in [0.15, 0.2) is 0 Å². The van der Waals surface area contributed by atoms with Gasteiger partial charge in [-0.3, -0.25) is 0 Å². The molecule has 0 radical (unpaired) electrons. The molecular weight excluding hydrogens is 136 g/mol. The van der Waals surface area contributed by atoms with Gasteiger partial charge in [-0.25, -0.2) is 0 Å². The summed E-state index contributed by atoms with van der Waals surface area (Å²) in [5.74, 6) is 0. The molecule has 0 aromatic heterocycles. The molecule has 10 heavy (non-hydrogen) atoms. The highest BCUT2D eigenvalue weighted by Gasteiger charge is 2.57. The van der Waals surface area contributed by atoms with E-state index in [1.165, 1.54) is 0 Å². The molecule has 0 aliphatic carbocycles. The van der Waals surface area contributed by atoms with E-state index < -0.39 is 0 Å². The van der Waals surface area contributed by atoms with Gasteiger partial charge in [-0.1, -0.05) is 0 Å². The minimum atomic E-state index is -0.206. The second-order valence-electron chi connectivity index (χ2n) is 2.64. The van der Waals surface area contributed by atoms with E-state index in [1.54, 1.807) is 0 Å². The zero-order valence-electron chi connectivity index (χ0n) is 5.43. The van der Waals surface area contributed by atoms with Crippen LogP contribution in [0, 0.1) is 0 Å². The average molecular weight is 146 g/mol. The SMILES string of the molecule is OCC1OC(CO)C2OC12. The molecule has 0 amide bonds. The van der Waals surface area contributed by atoms with Crippen molar-refractivity contribution in [1.29, 1.82) is 0 Å². The Kier molecular flexibility index (Phi) is 1.42. The van der Waals surface area contributed by atoms with Crippen LogP contribution in [0.3, 0.4) is 0 Å². The lowest BCUT2D eigenvalue weighted by molar-refractivity contribution is -0.0694. The Bertz CT molecular complexity index is 124. The number of hydrogen-bond acceptors (Lipinski definition) is 4. The van der Waals surface area contributed by atoms with Crippen molar-refractivity contribution in [2.24, 2.45) is 0 Å². The summed E-state index contributed by atoms with van der Waals surface area (Å²) in [6.45, 7) is -0.0324. The largest absolute Gasteiger partial charge is 0.394 e. The molecule has 0 aromatic carbocycles. The lowest BCUT2D eigenvalue weighted by Gasteiger charge is -2.12. The van der Waals surface area contributed by atoms with E-state index in [9.17, 15) is 0 Å². The Labute approximate surface area is 58.4 Å². The normalized spacial score (nSPS) is 51.0. The van der Waals surface area contributed by atoms with E-state index in [1.807, 2.05) is 0 Å². The van der Waals surface area contributed by atoms with Crippen molar-refractivity contribution in [3.63, 3.8) is 0 Å². The molecule has 4 atom stereocenters. The van der Waals surface area contributed by atoms with E-state index in [0.717, 1.165) is 0 Å². The maximum absolute atomic E-state index is 8.69. The average Bonchev–Trinajstić information content (AvgIpc) is 2.67. The fourth-order valence-corrected chi connectivity index (χ4v) is 1.41. The summed E-state index contributed by atoms with van der Waals surface area (Å²) < 4.78 is 10.3.